The van der Waals surface area contributed by atoms with Gasteiger partial charge in [0.05, 0.1) is 23.4 Å². The molecule has 0 aliphatic carbocycles. The molecule has 1 fully saturated rings. The third-order valence-corrected chi connectivity index (χ3v) is 4.68. The third kappa shape index (κ3) is 2.31. The molecule has 4 rings (SSSR count). The summed E-state index contributed by atoms with van der Waals surface area (Å²) in [5.74, 6) is -0.192. The fourth-order valence-electron chi connectivity index (χ4n) is 3.35. The average molecular weight is 322 g/mol. The normalized spacial score (nSPS) is 17.5. The summed E-state index contributed by atoms with van der Waals surface area (Å²) in [4.78, 5) is 31.0. The van der Waals surface area contributed by atoms with E-state index in [1.54, 1.807) is 30.3 Å². The molecule has 1 amide bonds. The molecule has 0 bridgehead atoms. The van der Waals surface area contributed by atoms with Crippen molar-refractivity contribution in [3.63, 3.8) is 0 Å². The maximum Gasteiger partial charge on any atom is 0.263 e. The number of pyridine rings is 1. The summed E-state index contributed by atoms with van der Waals surface area (Å²) >= 11 is 0. The Bertz CT molecular complexity index is 972. The number of hydrogen-bond donors (Lipinski definition) is 0. The Hall–Kier alpha value is -2.89. The van der Waals surface area contributed by atoms with Crippen molar-refractivity contribution in [2.24, 2.45) is 7.05 Å². The molecule has 0 spiro atoms. The second kappa shape index (κ2) is 5.63. The molecule has 6 nitrogen and oxygen atoms in total. The predicted molar refractivity (Wildman–Crippen MR) is 91.0 cm³/mol. The number of carbonyl (C=O) groups is 1. The molecule has 0 radical (unpaired) electrons. The number of para-hydroxylation sites is 2. The number of aryl methyl sites for hydroxylation is 1. The number of aromatic nitrogens is 3. The van der Waals surface area contributed by atoms with Crippen molar-refractivity contribution < 1.29 is 4.79 Å². The van der Waals surface area contributed by atoms with Gasteiger partial charge in [0.15, 0.2) is 0 Å². The fourth-order valence-corrected chi connectivity index (χ4v) is 3.35. The molecule has 2 aromatic heterocycles. The van der Waals surface area contributed by atoms with Gasteiger partial charge in [0.2, 0.25) is 0 Å². The molecule has 0 N–H and O–H groups in total. The number of fused-ring (bicyclic) bond motifs is 1. The third-order valence-electron chi connectivity index (χ3n) is 4.68. The molecule has 1 unspecified atom stereocenters. The lowest BCUT2D eigenvalue weighted by Gasteiger charge is -2.17. The molecule has 1 aliphatic rings. The molecule has 3 aromatic rings. The Morgan fingerprint density at radius 2 is 2.04 bits per heavy atom. The summed E-state index contributed by atoms with van der Waals surface area (Å²) in [7, 11) is 1.66. The van der Waals surface area contributed by atoms with Crippen molar-refractivity contribution in [2.75, 3.05) is 13.1 Å². The van der Waals surface area contributed by atoms with Gasteiger partial charge in [-0.15, -0.1) is 0 Å². The molecular formula is C18H18N4O2. The van der Waals surface area contributed by atoms with E-state index in [9.17, 15) is 9.59 Å². The van der Waals surface area contributed by atoms with Gasteiger partial charge in [-0.2, -0.15) is 0 Å². The van der Waals surface area contributed by atoms with Crippen molar-refractivity contribution in [1.29, 1.82) is 0 Å². The predicted octanol–water partition coefficient (Wildman–Crippen LogP) is 1.82. The second-order valence-corrected chi connectivity index (χ2v) is 6.17. The number of likely N-dealkylation sites (tertiary alicyclic amines) is 1. The topological polar surface area (TPSA) is 60.1 Å². The van der Waals surface area contributed by atoms with Crippen LogP contribution in [-0.4, -0.2) is 38.0 Å². The van der Waals surface area contributed by atoms with E-state index in [2.05, 4.69) is 9.55 Å². The minimum absolute atomic E-state index is 0.189. The van der Waals surface area contributed by atoms with Crippen molar-refractivity contribution in [2.45, 2.75) is 12.5 Å². The van der Waals surface area contributed by atoms with Crippen molar-refractivity contribution >= 4 is 16.9 Å². The number of rotatable bonds is 2. The molecule has 1 aromatic carbocycles. The number of hydrogen-bond acceptors (Lipinski definition) is 3. The monoisotopic (exact) mass is 322 g/mol. The SMILES string of the molecule is Cn1cccc(C(=O)N2CCC(n3cnc4ccccc43)C2)c1=O. The van der Waals surface area contributed by atoms with Gasteiger partial charge in [0, 0.05) is 26.3 Å². The van der Waals surface area contributed by atoms with Gasteiger partial charge >= 0.3 is 0 Å². The minimum atomic E-state index is -0.251. The van der Waals surface area contributed by atoms with Crippen LogP contribution in [-0.2, 0) is 7.05 Å². The van der Waals surface area contributed by atoms with E-state index >= 15 is 0 Å². The van der Waals surface area contributed by atoms with Crippen LogP contribution in [0, 0.1) is 0 Å². The van der Waals surface area contributed by atoms with Crippen LogP contribution in [0.25, 0.3) is 11.0 Å². The Balaban J connectivity index is 1.59. The summed E-state index contributed by atoms with van der Waals surface area (Å²) in [6, 6.07) is 11.5. The van der Waals surface area contributed by atoms with Crippen LogP contribution in [0.15, 0.2) is 53.7 Å². The van der Waals surface area contributed by atoms with Gasteiger partial charge in [0.1, 0.15) is 5.56 Å². The first kappa shape index (κ1) is 14.7. The van der Waals surface area contributed by atoms with Crippen molar-refractivity contribution in [3.8, 4) is 0 Å². The lowest BCUT2D eigenvalue weighted by molar-refractivity contribution is 0.0785. The minimum Gasteiger partial charge on any atom is -0.336 e. The van der Waals surface area contributed by atoms with Crippen LogP contribution in [0.2, 0.25) is 0 Å². The summed E-state index contributed by atoms with van der Waals surface area (Å²) in [6.07, 6.45) is 4.35. The maximum atomic E-state index is 12.7. The summed E-state index contributed by atoms with van der Waals surface area (Å²) in [5, 5.41) is 0. The molecule has 24 heavy (non-hydrogen) atoms. The first-order valence-corrected chi connectivity index (χ1v) is 8.01. The van der Waals surface area contributed by atoms with Crippen LogP contribution in [0.4, 0.5) is 0 Å². The highest BCUT2D eigenvalue weighted by Gasteiger charge is 2.29. The Kier molecular flexibility index (Phi) is 3.45. The van der Waals surface area contributed by atoms with Gasteiger partial charge in [-0.1, -0.05) is 12.1 Å². The van der Waals surface area contributed by atoms with Gasteiger partial charge in [-0.3, -0.25) is 9.59 Å². The van der Waals surface area contributed by atoms with E-state index in [0.717, 1.165) is 17.5 Å². The quantitative estimate of drug-likeness (QED) is 0.723. The zero-order valence-corrected chi connectivity index (χ0v) is 13.4. The summed E-state index contributed by atoms with van der Waals surface area (Å²) in [5.41, 5.74) is 2.02. The zero-order valence-electron chi connectivity index (χ0n) is 13.4. The number of carbonyl (C=O) groups excluding carboxylic acids is 1. The van der Waals surface area contributed by atoms with E-state index in [1.165, 1.54) is 4.57 Å². The van der Waals surface area contributed by atoms with Gasteiger partial charge in [-0.25, -0.2) is 4.98 Å². The highest BCUT2D eigenvalue weighted by atomic mass is 16.2. The summed E-state index contributed by atoms with van der Waals surface area (Å²) < 4.78 is 3.57. The van der Waals surface area contributed by atoms with Gasteiger partial charge < -0.3 is 14.0 Å². The molecule has 122 valence electrons. The number of imidazole rings is 1. The highest BCUT2D eigenvalue weighted by Crippen LogP contribution is 2.26. The second-order valence-electron chi connectivity index (χ2n) is 6.17. The molecule has 0 saturated carbocycles. The van der Waals surface area contributed by atoms with E-state index in [-0.39, 0.29) is 23.1 Å². The fraction of sp³-hybridized carbons (Fsp3) is 0.278. The molecule has 6 heteroatoms. The van der Waals surface area contributed by atoms with Crippen LogP contribution in [0.3, 0.4) is 0 Å². The average Bonchev–Trinajstić information content (AvgIpc) is 3.23. The highest BCUT2D eigenvalue weighted by molar-refractivity contribution is 5.94. The Morgan fingerprint density at radius 3 is 2.92 bits per heavy atom. The zero-order chi connectivity index (χ0) is 16.7. The molecule has 1 atom stereocenters. The van der Waals surface area contributed by atoms with E-state index in [4.69, 9.17) is 0 Å². The van der Waals surface area contributed by atoms with Gasteiger partial charge in [-0.05, 0) is 30.7 Å². The first-order chi connectivity index (χ1) is 11.6. The van der Waals surface area contributed by atoms with Crippen LogP contribution < -0.4 is 5.56 Å². The molecule has 1 aliphatic heterocycles. The Morgan fingerprint density at radius 1 is 1.21 bits per heavy atom. The molecule has 1 saturated heterocycles. The van der Waals surface area contributed by atoms with Crippen LogP contribution in [0.5, 0.6) is 0 Å². The van der Waals surface area contributed by atoms with Crippen LogP contribution >= 0.6 is 0 Å². The largest absolute Gasteiger partial charge is 0.336 e. The number of amides is 1. The Labute approximate surface area is 139 Å². The number of benzene rings is 1. The smallest absolute Gasteiger partial charge is 0.263 e. The van der Waals surface area contributed by atoms with E-state index in [0.29, 0.717) is 13.1 Å². The lowest BCUT2D eigenvalue weighted by atomic mass is 10.2. The van der Waals surface area contributed by atoms with E-state index in [1.807, 2.05) is 30.6 Å². The maximum absolute atomic E-state index is 12.7. The van der Waals surface area contributed by atoms with Crippen molar-refractivity contribution in [3.05, 3.63) is 64.8 Å². The summed E-state index contributed by atoms with van der Waals surface area (Å²) in [6.45, 7) is 1.24. The standard InChI is InChI=1S/C18H18N4O2/c1-20-9-4-5-14(17(20)23)18(24)21-10-8-13(11-21)22-12-19-15-6-2-3-7-16(15)22/h2-7,9,12-13H,8,10-11H2,1H3. The van der Waals surface area contributed by atoms with Gasteiger partial charge in [0.25, 0.3) is 11.5 Å². The lowest BCUT2D eigenvalue weighted by Crippen LogP contribution is -2.34. The number of nitrogens with zero attached hydrogens (tertiary/aromatic N) is 4. The van der Waals surface area contributed by atoms with E-state index < -0.39 is 0 Å². The first-order valence-electron chi connectivity index (χ1n) is 8.01. The van der Waals surface area contributed by atoms with Crippen LogP contribution in [0.1, 0.15) is 22.8 Å². The van der Waals surface area contributed by atoms with Crippen molar-refractivity contribution in [1.82, 2.24) is 19.0 Å². The molecule has 3 heterocycles. The molecular weight excluding hydrogens is 304 g/mol.